The molecule has 4 rings (SSSR count). The minimum atomic E-state index is -4.16. The van der Waals surface area contributed by atoms with E-state index in [-0.39, 0.29) is 21.8 Å². The maximum Gasteiger partial charge on any atom is 0.339 e. The summed E-state index contributed by atoms with van der Waals surface area (Å²) in [6.07, 6.45) is 1.29. The fourth-order valence-corrected chi connectivity index (χ4v) is 4.46. The number of fused-ring (bicyclic) bond motifs is 1. The zero-order valence-electron chi connectivity index (χ0n) is 17.6. The Hall–Kier alpha value is -3.93. The number of nitrogens with zero attached hydrogens (tertiary/aromatic N) is 1. The Bertz CT molecular complexity index is 1560. The summed E-state index contributed by atoms with van der Waals surface area (Å²) in [6.45, 7) is 0. The molecule has 0 atom stereocenters. The molecule has 0 aromatic heterocycles. The molecule has 0 heterocycles. The van der Waals surface area contributed by atoms with E-state index >= 15 is 0 Å². The molecule has 0 aliphatic carbocycles. The molecule has 0 fully saturated rings. The highest BCUT2D eigenvalue weighted by Gasteiger charge is 2.19. The van der Waals surface area contributed by atoms with Gasteiger partial charge in [0.25, 0.3) is 5.91 Å². The minimum Gasteiger partial charge on any atom is -0.378 e. The van der Waals surface area contributed by atoms with Crippen molar-refractivity contribution in [3.8, 4) is 11.8 Å². The number of hydrogen-bond donors (Lipinski definition) is 1. The van der Waals surface area contributed by atoms with Crippen LogP contribution in [0.2, 0.25) is 0 Å². The summed E-state index contributed by atoms with van der Waals surface area (Å²) < 4.78 is 32.2. The van der Waals surface area contributed by atoms with E-state index in [0.29, 0.717) is 5.69 Å². The van der Waals surface area contributed by atoms with E-state index in [0.717, 1.165) is 15.2 Å². The maximum absolute atomic E-state index is 13.0. The van der Waals surface area contributed by atoms with Crippen molar-refractivity contribution in [3.63, 3.8) is 0 Å². The Morgan fingerprint density at radius 1 is 0.912 bits per heavy atom. The average molecular weight is 533 g/mol. The molecule has 4 aromatic carbocycles. The number of nitriles is 1. The van der Waals surface area contributed by atoms with Crippen molar-refractivity contribution >= 4 is 54.5 Å². The van der Waals surface area contributed by atoms with E-state index in [4.69, 9.17) is 4.18 Å². The average Bonchev–Trinajstić information content (AvgIpc) is 2.84. The van der Waals surface area contributed by atoms with Gasteiger partial charge in [0.05, 0.1) is 0 Å². The zero-order valence-corrected chi connectivity index (χ0v) is 20.0. The Kier molecular flexibility index (Phi) is 6.77. The highest BCUT2D eigenvalue weighted by molar-refractivity contribution is 9.10. The minimum absolute atomic E-state index is 0.000139. The van der Waals surface area contributed by atoms with Gasteiger partial charge in [0.2, 0.25) is 0 Å². The number of amides is 1. The number of hydrogen-bond acceptors (Lipinski definition) is 5. The number of para-hydroxylation sites is 1. The molecule has 0 unspecified atom stereocenters. The molecular formula is C26H17BrN2O4S. The molecule has 0 saturated heterocycles. The molecule has 0 aliphatic rings. The summed E-state index contributed by atoms with van der Waals surface area (Å²) in [5, 5.41) is 13.8. The van der Waals surface area contributed by atoms with Gasteiger partial charge in [0.15, 0.2) is 0 Å². The van der Waals surface area contributed by atoms with Crippen LogP contribution in [0.15, 0.2) is 106 Å². The molecule has 6 nitrogen and oxygen atoms in total. The second-order valence-electron chi connectivity index (χ2n) is 7.22. The van der Waals surface area contributed by atoms with Crippen molar-refractivity contribution in [1.29, 1.82) is 5.26 Å². The van der Waals surface area contributed by atoms with E-state index in [2.05, 4.69) is 21.2 Å². The molecule has 8 heteroatoms. The van der Waals surface area contributed by atoms with Crippen molar-refractivity contribution in [3.05, 3.63) is 107 Å². The molecule has 0 radical (unpaired) electrons. The van der Waals surface area contributed by atoms with Crippen LogP contribution < -0.4 is 9.50 Å². The smallest absolute Gasteiger partial charge is 0.339 e. The Balaban J connectivity index is 1.62. The van der Waals surface area contributed by atoms with Crippen LogP contribution in [0, 0.1) is 11.3 Å². The van der Waals surface area contributed by atoms with Crippen molar-refractivity contribution in [2.45, 2.75) is 4.90 Å². The van der Waals surface area contributed by atoms with Gasteiger partial charge in [-0.1, -0.05) is 64.5 Å². The van der Waals surface area contributed by atoms with E-state index < -0.39 is 16.0 Å². The first-order valence-corrected chi connectivity index (χ1v) is 12.3. The molecule has 4 aromatic rings. The first kappa shape index (κ1) is 23.2. The number of benzene rings is 4. The number of nitrogens with one attached hydrogen (secondary N) is 1. The standard InChI is InChI=1S/C26H17BrN2O4S/c27-22-10-12-23(13-11-22)29-26(30)21(17-28)15-20-7-3-4-8-25(20)33-34(31,32)24-14-9-18-5-1-2-6-19(18)16-24/h1-16H,(H,29,30)/b21-15-. The van der Waals surface area contributed by atoms with Crippen LogP contribution in [-0.2, 0) is 14.9 Å². The molecule has 0 aliphatic heterocycles. The van der Waals surface area contributed by atoms with Crippen molar-refractivity contribution < 1.29 is 17.4 Å². The van der Waals surface area contributed by atoms with Crippen molar-refractivity contribution in [2.24, 2.45) is 0 Å². The summed E-state index contributed by atoms with van der Waals surface area (Å²) in [4.78, 5) is 12.6. The van der Waals surface area contributed by atoms with Crippen LogP contribution >= 0.6 is 15.9 Å². The fourth-order valence-electron chi connectivity index (χ4n) is 3.20. The highest BCUT2D eigenvalue weighted by atomic mass is 79.9. The number of carbonyl (C=O) groups excluding carboxylic acids is 1. The summed E-state index contributed by atoms with van der Waals surface area (Å²) in [6, 6.07) is 27.1. The molecule has 1 amide bonds. The third-order valence-electron chi connectivity index (χ3n) is 4.90. The van der Waals surface area contributed by atoms with Crippen molar-refractivity contribution in [1.82, 2.24) is 0 Å². The molecule has 0 spiro atoms. The largest absolute Gasteiger partial charge is 0.378 e. The van der Waals surface area contributed by atoms with Gasteiger partial charge in [-0.2, -0.15) is 13.7 Å². The monoisotopic (exact) mass is 532 g/mol. The molecule has 34 heavy (non-hydrogen) atoms. The van der Waals surface area contributed by atoms with Gasteiger partial charge in [0.1, 0.15) is 22.3 Å². The first-order valence-electron chi connectivity index (χ1n) is 10.1. The van der Waals surface area contributed by atoms with Crippen LogP contribution in [0.3, 0.4) is 0 Å². The summed E-state index contributed by atoms with van der Waals surface area (Å²) >= 11 is 3.32. The first-order chi connectivity index (χ1) is 16.4. The number of carbonyl (C=O) groups is 1. The van der Waals surface area contributed by atoms with Gasteiger partial charge in [0, 0.05) is 15.7 Å². The van der Waals surface area contributed by atoms with Gasteiger partial charge in [-0.3, -0.25) is 4.79 Å². The Labute approximate surface area is 205 Å². The number of anilines is 1. The normalized spacial score (nSPS) is 11.6. The SMILES string of the molecule is N#C/C(=C/c1ccccc1OS(=O)(=O)c1ccc2ccccc2c1)C(=O)Nc1ccc(Br)cc1. The van der Waals surface area contributed by atoms with Gasteiger partial charge < -0.3 is 9.50 Å². The Morgan fingerprint density at radius 2 is 1.59 bits per heavy atom. The van der Waals surface area contributed by atoms with Gasteiger partial charge in [-0.25, -0.2) is 0 Å². The summed E-state index contributed by atoms with van der Waals surface area (Å²) in [7, 11) is -4.16. The zero-order chi connectivity index (χ0) is 24.1. The van der Waals surface area contributed by atoms with Gasteiger partial charge in [-0.15, -0.1) is 0 Å². The third kappa shape index (κ3) is 5.34. The molecular weight excluding hydrogens is 516 g/mol. The van der Waals surface area contributed by atoms with E-state index in [9.17, 15) is 18.5 Å². The van der Waals surface area contributed by atoms with Crippen LogP contribution in [0.25, 0.3) is 16.8 Å². The summed E-state index contributed by atoms with van der Waals surface area (Å²) in [5.74, 6) is -0.628. The molecule has 168 valence electrons. The van der Waals surface area contributed by atoms with E-state index in [1.165, 1.54) is 24.3 Å². The van der Waals surface area contributed by atoms with Gasteiger partial charge in [-0.05, 0) is 59.3 Å². The lowest BCUT2D eigenvalue weighted by atomic mass is 10.1. The molecule has 0 saturated carbocycles. The van der Waals surface area contributed by atoms with E-state index in [1.54, 1.807) is 48.5 Å². The quantitative estimate of drug-likeness (QED) is 0.189. The number of rotatable bonds is 6. The lowest BCUT2D eigenvalue weighted by molar-refractivity contribution is -0.112. The molecule has 1 N–H and O–H groups in total. The van der Waals surface area contributed by atoms with Gasteiger partial charge >= 0.3 is 10.1 Å². The second-order valence-corrected chi connectivity index (χ2v) is 9.68. The Morgan fingerprint density at radius 3 is 2.32 bits per heavy atom. The van der Waals surface area contributed by atoms with Crippen LogP contribution in [0.1, 0.15) is 5.56 Å². The topological polar surface area (TPSA) is 96.3 Å². The number of halogens is 1. The maximum atomic E-state index is 13.0. The highest BCUT2D eigenvalue weighted by Crippen LogP contribution is 2.27. The predicted octanol–water partition coefficient (Wildman–Crippen LogP) is 5.92. The van der Waals surface area contributed by atoms with Crippen molar-refractivity contribution in [2.75, 3.05) is 5.32 Å². The second kappa shape index (κ2) is 9.91. The van der Waals surface area contributed by atoms with Crippen LogP contribution in [0.5, 0.6) is 5.75 Å². The summed E-state index contributed by atoms with van der Waals surface area (Å²) in [5.41, 5.74) is 0.578. The fraction of sp³-hybridized carbons (Fsp3) is 0. The predicted molar refractivity (Wildman–Crippen MR) is 135 cm³/mol. The lowest BCUT2D eigenvalue weighted by Gasteiger charge is -2.11. The van der Waals surface area contributed by atoms with E-state index in [1.807, 2.05) is 30.3 Å². The van der Waals surface area contributed by atoms with Crippen LogP contribution in [0.4, 0.5) is 5.69 Å². The third-order valence-corrected chi connectivity index (χ3v) is 6.65. The molecule has 0 bridgehead atoms. The van der Waals surface area contributed by atoms with Crippen LogP contribution in [-0.4, -0.2) is 14.3 Å². The lowest BCUT2D eigenvalue weighted by Crippen LogP contribution is -2.14.